The van der Waals surface area contributed by atoms with E-state index >= 15 is 0 Å². The molecule has 2 heterocycles. The minimum absolute atomic E-state index is 0.340. The van der Waals surface area contributed by atoms with Gasteiger partial charge in [-0.3, -0.25) is 0 Å². The molecule has 0 fully saturated rings. The molecule has 0 saturated carbocycles. The van der Waals surface area contributed by atoms with Crippen molar-refractivity contribution >= 4 is 22.4 Å². The second kappa shape index (κ2) is 7.81. The van der Waals surface area contributed by atoms with Crippen molar-refractivity contribution in [3.8, 4) is 22.8 Å². The molecule has 5 aromatic rings. The van der Waals surface area contributed by atoms with Gasteiger partial charge < -0.3 is 10.3 Å². The average molecular weight is 431 g/mol. The maximum atomic E-state index is 13.0. The summed E-state index contributed by atoms with van der Waals surface area (Å²) >= 11 is 0. The van der Waals surface area contributed by atoms with E-state index in [0.717, 1.165) is 34.6 Å². The Balaban J connectivity index is 1.39. The molecule has 5 nitrogen and oxygen atoms in total. The number of hydrogen-bond donors (Lipinski definition) is 2. The number of anilines is 2. The molecule has 0 aliphatic carbocycles. The maximum Gasteiger partial charge on any atom is 0.416 e. The highest BCUT2D eigenvalue weighted by Crippen LogP contribution is 2.32. The Bertz CT molecular complexity index is 1380. The lowest BCUT2D eigenvalue weighted by molar-refractivity contribution is -0.137. The summed E-state index contributed by atoms with van der Waals surface area (Å²) in [5.74, 6) is 1.15. The first-order valence-corrected chi connectivity index (χ1v) is 9.78. The smallest absolute Gasteiger partial charge is 0.356 e. The van der Waals surface area contributed by atoms with Crippen LogP contribution in [0.25, 0.3) is 33.8 Å². The molecule has 0 bridgehead atoms. The predicted molar refractivity (Wildman–Crippen MR) is 117 cm³/mol. The predicted octanol–water partition coefficient (Wildman–Crippen LogP) is 6.45. The van der Waals surface area contributed by atoms with Crippen LogP contribution in [0.2, 0.25) is 0 Å². The zero-order valence-corrected chi connectivity index (χ0v) is 16.6. The number of halogens is 3. The minimum atomic E-state index is -4.40. The molecule has 32 heavy (non-hydrogen) atoms. The molecule has 2 aromatic heterocycles. The van der Waals surface area contributed by atoms with Gasteiger partial charge in [-0.05, 0) is 60.7 Å². The van der Waals surface area contributed by atoms with Crippen molar-refractivity contribution < 1.29 is 13.2 Å². The molecule has 0 atom stereocenters. The van der Waals surface area contributed by atoms with E-state index in [1.165, 1.54) is 6.07 Å². The molecule has 3 aromatic carbocycles. The summed E-state index contributed by atoms with van der Waals surface area (Å²) in [6, 6.07) is 20.5. The van der Waals surface area contributed by atoms with Gasteiger partial charge in [0.15, 0.2) is 5.82 Å². The first-order valence-electron chi connectivity index (χ1n) is 9.78. The number of nitrogens with one attached hydrogen (secondary N) is 2. The Morgan fingerprint density at radius 1 is 0.750 bits per heavy atom. The summed E-state index contributed by atoms with van der Waals surface area (Å²) in [7, 11) is 0. The third-order valence-electron chi connectivity index (χ3n) is 4.94. The molecule has 2 N–H and O–H groups in total. The average Bonchev–Trinajstić information content (AvgIpc) is 3.23. The van der Waals surface area contributed by atoms with Crippen molar-refractivity contribution in [2.45, 2.75) is 6.18 Å². The fourth-order valence-corrected chi connectivity index (χ4v) is 3.38. The van der Waals surface area contributed by atoms with Gasteiger partial charge in [0.1, 0.15) is 5.82 Å². The molecule has 0 unspecified atom stereocenters. The standard InChI is InChI=1S/C24H16F3N5/c25-24(26,27)17-7-10-20-21(14-17)32-23(31-20)16-3-1-4-19(13-16)30-18-8-5-15(6-9-18)22-28-11-2-12-29-22/h1-14,30H,(H,31,32). The van der Waals surface area contributed by atoms with Crippen LogP contribution in [0.4, 0.5) is 24.5 Å². The fraction of sp³-hybridized carbons (Fsp3) is 0.0417. The lowest BCUT2D eigenvalue weighted by atomic mass is 10.1. The number of rotatable bonds is 4. The number of H-pyrrole nitrogens is 1. The van der Waals surface area contributed by atoms with Gasteiger partial charge in [0, 0.05) is 34.9 Å². The van der Waals surface area contributed by atoms with Crippen LogP contribution < -0.4 is 5.32 Å². The molecule has 8 heteroatoms. The van der Waals surface area contributed by atoms with Crippen LogP contribution in [-0.2, 0) is 6.18 Å². The number of benzene rings is 3. The Morgan fingerprint density at radius 3 is 2.28 bits per heavy atom. The second-order valence-corrected chi connectivity index (χ2v) is 7.17. The Kier molecular flexibility index (Phi) is 4.82. The second-order valence-electron chi connectivity index (χ2n) is 7.17. The monoisotopic (exact) mass is 431 g/mol. The van der Waals surface area contributed by atoms with Gasteiger partial charge in [0.2, 0.25) is 0 Å². The first-order chi connectivity index (χ1) is 15.5. The van der Waals surface area contributed by atoms with Gasteiger partial charge in [-0.2, -0.15) is 13.2 Å². The van der Waals surface area contributed by atoms with Crippen molar-refractivity contribution in [3.63, 3.8) is 0 Å². The van der Waals surface area contributed by atoms with Gasteiger partial charge in [0.05, 0.1) is 16.6 Å². The molecule has 0 aliphatic heterocycles. The number of aromatic amines is 1. The van der Waals surface area contributed by atoms with Gasteiger partial charge >= 0.3 is 6.18 Å². The maximum absolute atomic E-state index is 13.0. The van der Waals surface area contributed by atoms with Crippen LogP contribution in [0.15, 0.2) is 85.2 Å². The van der Waals surface area contributed by atoms with Crippen molar-refractivity contribution in [2.24, 2.45) is 0 Å². The van der Waals surface area contributed by atoms with Gasteiger partial charge in [-0.1, -0.05) is 12.1 Å². The lowest BCUT2D eigenvalue weighted by Crippen LogP contribution is -2.04. The molecule has 5 rings (SSSR count). The van der Waals surface area contributed by atoms with E-state index < -0.39 is 11.7 Å². The van der Waals surface area contributed by atoms with Crippen molar-refractivity contribution in [1.29, 1.82) is 0 Å². The highest BCUT2D eigenvalue weighted by molar-refractivity contribution is 5.81. The summed E-state index contributed by atoms with van der Waals surface area (Å²) in [5.41, 5.74) is 3.47. The van der Waals surface area contributed by atoms with Gasteiger partial charge in [0.25, 0.3) is 0 Å². The van der Waals surface area contributed by atoms with Crippen LogP contribution in [0.1, 0.15) is 5.56 Å². The summed E-state index contributed by atoms with van der Waals surface area (Å²) in [6.45, 7) is 0. The largest absolute Gasteiger partial charge is 0.416 e. The van der Waals surface area contributed by atoms with Crippen LogP contribution >= 0.6 is 0 Å². The highest BCUT2D eigenvalue weighted by atomic mass is 19.4. The normalized spacial score (nSPS) is 11.6. The van der Waals surface area contributed by atoms with Crippen LogP contribution in [-0.4, -0.2) is 19.9 Å². The number of hydrogen-bond acceptors (Lipinski definition) is 4. The van der Waals surface area contributed by atoms with Crippen LogP contribution in [0, 0.1) is 0 Å². The topological polar surface area (TPSA) is 66.5 Å². The number of aromatic nitrogens is 4. The van der Waals surface area contributed by atoms with Crippen molar-refractivity contribution in [2.75, 3.05) is 5.32 Å². The third kappa shape index (κ3) is 4.02. The SMILES string of the molecule is FC(F)(F)c1ccc2nc(-c3cccc(Nc4ccc(-c5ncccn5)cc4)c3)[nH]c2c1. The van der Waals surface area contributed by atoms with Crippen LogP contribution in [0.5, 0.6) is 0 Å². The number of fused-ring (bicyclic) bond motifs is 1. The quantitative estimate of drug-likeness (QED) is 0.343. The minimum Gasteiger partial charge on any atom is -0.356 e. The zero-order chi connectivity index (χ0) is 22.1. The summed E-state index contributed by atoms with van der Waals surface area (Å²) in [6.07, 6.45) is -1.00. The highest BCUT2D eigenvalue weighted by Gasteiger charge is 2.30. The summed E-state index contributed by atoms with van der Waals surface area (Å²) in [5, 5.41) is 3.32. The summed E-state index contributed by atoms with van der Waals surface area (Å²) < 4.78 is 38.9. The first kappa shape index (κ1) is 19.7. The van der Waals surface area contributed by atoms with Crippen molar-refractivity contribution in [1.82, 2.24) is 19.9 Å². The number of alkyl halides is 3. The molecule has 0 spiro atoms. The van der Waals surface area contributed by atoms with Gasteiger partial charge in [-0.25, -0.2) is 15.0 Å². The third-order valence-corrected chi connectivity index (χ3v) is 4.94. The van der Waals surface area contributed by atoms with E-state index in [1.54, 1.807) is 18.5 Å². The molecule has 158 valence electrons. The van der Waals surface area contributed by atoms with E-state index in [0.29, 0.717) is 22.7 Å². The zero-order valence-electron chi connectivity index (χ0n) is 16.6. The Labute approximate surface area is 181 Å². The van der Waals surface area contributed by atoms with E-state index in [2.05, 4.69) is 25.3 Å². The lowest BCUT2D eigenvalue weighted by Gasteiger charge is -2.08. The van der Waals surface area contributed by atoms with Crippen molar-refractivity contribution in [3.05, 3.63) is 90.8 Å². The Hall–Kier alpha value is -4.20. The molecular weight excluding hydrogens is 415 g/mol. The van der Waals surface area contributed by atoms with Crippen LogP contribution in [0.3, 0.4) is 0 Å². The molecule has 0 saturated heterocycles. The van der Waals surface area contributed by atoms with E-state index in [1.807, 2.05) is 48.5 Å². The molecule has 0 aliphatic rings. The van der Waals surface area contributed by atoms with E-state index in [-0.39, 0.29) is 0 Å². The fourth-order valence-electron chi connectivity index (χ4n) is 3.38. The molecular formula is C24H16F3N5. The Morgan fingerprint density at radius 2 is 1.53 bits per heavy atom. The summed E-state index contributed by atoms with van der Waals surface area (Å²) in [4.78, 5) is 15.9. The number of imidazole rings is 1. The van der Waals surface area contributed by atoms with E-state index in [4.69, 9.17) is 0 Å². The van der Waals surface area contributed by atoms with E-state index in [9.17, 15) is 13.2 Å². The van der Waals surface area contributed by atoms with Gasteiger partial charge in [-0.15, -0.1) is 0 Å². The molecule has 0 amide bonds. The molecule has 0 radical (unpaired) electrons. The number of nitrogens with zero attached hydrogens (tertiary/aromatic N) is 3.